The molecular weight excluding hydrogens is 275 g/mol. The van der Waals surface area contributed by atoms with E-state index in [1.807, 2.05) is 6.07 Å². The van der Waals surface area contributed by atoms with Crippen LogP contribution in [0.4, 0.5) is 4.39 Å². The van der Waals surface area contributed by atoms with E-state index >= 15 is 0 Å². The first-order chi connectivity index (χ1) is 9.54. The SMILES string of the molecule is CC(C)c1cc(-c2nc(=S)[nH][nH]2)c2cc(F)ccc2n1. The van der Waals surface area contributed by atoms with Crippen LogP contribution in [0.15, 0.2) is 24.3 Å². The Hall–Kier alpha value is -2.08. The first-order valence-corrected chi connectivity index (χ1v) is 6.70. The van der Waals surface area contributed by atoms with Crippen LogP contribution < -0.4 is 0 Å². The summed E-state index contributed by atoms with van der Waals surface area (Å²) in [4.78, 5) is 8.78. The lowest BCUT2D eigenvalue weighted by molar-refractivity contribution is 0.629. The molecule has 3 aromatic rings. The smallest absolute Gasteiger partial charge is 0.213 e. The maximum absolute atomic E-state index is 13.5. The molecule has 0 fully saturated rings. The Labute approximate surface area is 120 Å². The van der Waals surface area contributed by atoms with Crippen LogP contribution in [0.1, 0.15) is 25.5 Å². The molecule has 0 unspecified atom stereocenters. The summed E-state index contributed by atoms with van der Waals surface area (Å²) in [6.07, 6.45) is 0. The third-order valence-electron chi connectivity index (χ3n) is 3.14. The number of nitrogens with zero attached hydrogens (tertiary/aromatic N) is 2. The average molecular weight is 288 g/mol. The Bertz CT molecular complexity index is 835. The van der Waals surface area contributed by atoms with Gasteiger partial charge in [0.05, 0.1) is 5.52 Å². The van der Waals surface area contributed by atoms with E-state index in [-0.39, 0.29) is 11.7 Å². The van der Waals surface area contributed by atoms with E-state index < -0.39 is 0 Å². The number of hydrogen-bond donors (Lipinski definition) is 2. The van der Waals surface area contributed by atoms with E-state index in [1.165, 1.54) is 12.1 Å². The van der Waals surface area contributed by atoms with E-state index in [2.05, 4.69) is 34.0 Å². The van der Waals surface area contributed by atoms with Gasteiger partial charge in [-0.2, -0.15) is 4.98 Å². The van der Waals surface area contributed by atoms with Gasteiger partial charge < -0.3 is 0 Å². The second-order valence-corrected chi connectivity index (χ2v) is 5.31. The fourth-order valence-electron chi connectivity index (χ4n) is 2.11. The minimum atomic E-state index is -0.299. The lowest BCUT2D eigenvalue weighted by Crippen LogP contribution is -1.96. The Morgan fingerprint density at radius 2 is 1.95 bits per heavy atom. The van der Waals surface area contributed by atoms with Crippen LogP contribution in [-0.2, 0) is 0 Å². The molecule has 0 atom stereocenters. The average Bonchev–Trinajstić information content (AvgIpc) is 2.84. The lowest BCUT2D eigenvalue weighted by Gasteiger charge is -2.10. The highest BCUT2D eigenvalue weighted by atomic mass is 32.1. The van der Waals surface area contributed by atoms with Crippen molar-refractivity contribution < 1.29 is 4.39 Å². The first-order valence-electron chi connectivity index (χ1n) is 6.30. The summed E-state index contributed by atoms with van der Waals surface area (Å²) in [5.74, 6) is 0.562. The van der Waals surface area contributed by atoms with E-state index in [0.717, 1.165) is 16.8 Å². The summed E-state index contributed by atoms with van der Waals surface area (Å²) in [5, 5.41) is 6.38. The van der Waals surface area contributed by atoms with Crippen molar-refractivity contribution in [1.82, 2.24) is 20.2 Å². The van der Waals surface area contributed by atoms with Gasteiger partial charge in [0, 0.05) is 16.6 Å². The molecular formula is C14H13FN4S. The van der Waals surface area contributed by atoms with Gasteiger partial charge in [-0.3, -0.25) is 15.2 Å². The molecule has 2 aromatic heterocycles. The summed E-state index contributed by atoms with van der Waals surface area (Å²) in [7, 11) is 0. The van der Waals surface area contributed by atoms with Crippen molar-refractivity contribution in [2.75, 3.05) is 0 Å². The molecule has 4 nitrogen and oxygen atoms in total. The Balaban J connectivity index is 2.37. The van der Waals surface area contributed by atoms with Crippen LogP contribution in [0, 0.1) is 10.6 Å². The number of aromatic amines is 2. The van der Waals surface area contributed by atoms with Crippen molar-refractivity contribution in [3.05, 3.63) is 40.5 Å². The molecule has 102 valence electrons. The molecule has 0 spiro atoms. The predicted octanol–water partition coefficient (Wildman–Crippen LogP) is 3.94. The number of H-pyrrole nitrogens is 2. The van der Waals surface area contributed by atoms with Crippen LogP contribution in [-0.4, -0.2) is 20.2 Å². The van der Waals surface area contributed by atoms with Gasteiger partial charge in [0.15, 0.2) is 5.82 Å². The van der Waals surface area contributed by atoms with Crippen LogP contribution in [0.25, 0.3) is 22.3 Å². The maximum Gasteiger partial charge on any atom is 0.213 e. The summed E-state index contributed by atoms with van der Waals surface area (Å²) >= 11 is 4.98. The van der Waals surface area contributed by atoms with Crippen LogP contribution >= 0.6 is 12.2 Å². The highest BCUT2D eigenvalue weighted by Crippen LogP contribution is 2.29. The number of benzene rings is 1. The molecule has 20 heavy (non-hydrogen) atoms. The second kappa shape index (κ2) is 4.79. The van der Waals surface area contributed by atoms with E-state index in [1.54, 1.807) is 6.07 Å². The number of aromatic nitrogens is 4. The van der Waals surface area contributed by atoms with Crippen LogP contribution in [0.3, 0.4) is 0 Å². The molecule has 1 aromatic carbocycles. The summed E-state index contributed by atoms with van der Waals surface area (Å²) in [5.41, 5.74) is 2.47. The van der Waals surface area contributed by atoms with Crippen LogP contribution in [0.5, 0.6) is 0 Å². The molecule has 3 rings (SSSR count). The summed E-state index contributed by atoms with van der Waals surface area (Å²) in [6, 6.07) is 6.48. The molecule has 6 heteroatoms. The highest BCUT2D eigenvalue weighted by molar-refractivity contribution is 7.71. The summed E-state index contributed by atoms with van der Waals surface area (Å²) < 4.78 is 13.9. The molecule has 0 amide bonds. The summed E-state index contributed by atoms with van der Waals surface area (Å²) in [6.45, 7) is 4.13. The zero-order chi connectivity index (χ0) is 14.3. The van der Waals surface area contributed by atoms with Gasteiger partial charge >= 0.3 is 0 Å². The van der Waals surface area contributed by atoms with Gasteiger partial charge in [-0.15, -0.1) is 0 Å². The minimum Gasteiger partial charge on any atom is -0.282 e. The fourth-order valence-corrected chi connectivity index (χ4v) is 2.25. The molecule has 2 heterocycles. The number of halogens is 1. The lowest BCUT2D eigenvalue weighted by atomic mass is 10.0. The zero-order valence-corrected chi connectivity index (χ0v) is 11.9. The number of fused-ring (bicyclic) bond motifs is 1. The van der Waals surface area contributed by atoms with Gasteiger partial charge in [-0.25, -0.2) is 4.39 Å². The monoisotopic (exact) mass is 288 g/mol. The van der Waals surface area contributed by atoms with Gasteiger partial charge in [-0.05, 0) is 42.4 Å². The molecule has 0 aliphatic heterocycles. The quantitative estimate of drug-likeness (QED) is 0.702. The predicted molar refractivity (Wildman–Crippen MR) is 78.6 cm³/mol. The van der Waals surface area contributed by atoms with Crippen molar-refractivity contribution in [2.45, 2.75) is 19.8 Å². The molecule has 0 saturated carbocycles. The number of rotatable bonds is 2. The number of hydrogen-bond acceptors (Lipinski definition) is 3. The van der Waals surface area contributed by atoms with Crippen molar-refractivity contribution >= 4 is 23.1 Å². The topological polar surface area (TPSA) is 57.4 Å². The molecule has 0 bridgehead atoms. The molecule has 0 radical (unpaired) electrons. The highest BCUT2D eigenvalue weighted by Gasteiger charge is 2.13. The van der Waals surface area contributed by atoms with Crippen LogP contribution in [0.2, 0.25) is 0 Å². The maximum atomic E-state index is 13.5. The van der Waals surface area contributed by atoms with Crippen molar-refractivity contribution in [1.29, 1.82) is 0 Å². The van der Waals surface area contributed by atoms with Crippen molar-refractivity contribution in [3.8, 4) is 11.4 Å². The zero-order valence-electron chi connectivity index (χ0n) is 11.1. The van der Waals surface area contributed by atoms with E-state index in [9.17, 15) is 4.39 Å². The van der Waals surface area contributed by atoms with E-state index in [0.29, 0.717) is 16.0 Å². The number of pyridine rings is 1. The van der Waals surface area contributed by atoms with E-state index in [4.69, 9.17) is 12.2 Å². The van der Waals surface area contributed by atoms with Gasteiger partial charge in [0.2, 0.25) is 4.77 Å². The van der Waals surface area contributed by atoms with Crippen molar-refractivity contribution in [2.24, 2.45) is 0 Å². The van der Waals surface area contributed by atoms with Crippen molar-refractivity contribution in [3.63, 3.8) is 0 Å². The molecule has 2 N–H and O–H groups in total. The van der Waals surface area contributed by atoms with Gasteiger partial charge in [-0.1, -0.05) is 13.8 Å². The first kappa shape index (κ1) is 12.9. The van der Waals surface area contributed by atoms with Gasteiger partial charge in [0.1, 0.15) is 5.82 Å². The van der Waals surface area contributed by atoms with Gasteiger partial charge in [0.25, 0.3) is 0 Å². The molecule has 0 saturated heterocycles. The Morgan fingerprint density at radius 1 is 1.15 bits per heavy atom. The molecule has 0 aliphatic carbocycles. The third-order valence-corrected chi connectivity index (χ3v) is 3.33. The Kier molecular flexibility index (Phi) is 3.10. The number of nitrogens with one attached hydrogen (secondary N) is 2. The second-order valence-electron chi connectivity index (χ2n) is 4.93. The largest absolute Gasteiger partial charge is 0.282 e. The minimum absolute atomic E-state index is 0.269. The standard InChI is InChI=1S/C14H13FN4S/c1-7(2)12-6-10(13-17-14(20)19-18-13)9-5-8(15)3-4-11(9)16-12/h3-7H,1-2H3,(H2,17,18,19,20). The Morgan fingerprint density at radius 3 is 2.60 bits per heavy atom. The molecule has 0 aliphatic rings. The third kappa shape index (κ3) is 2.22. The fraction of sp³-hybridized carbons (Fsp3) is 0.214. The normalized spacial score (nSPS) is 11.4.